The van der Waals surface area contributed by atoms with Crippen LogP contribution in [0.15, 0.2) is 29.2 Å². The molecular formula is C17H24N2O5S. The van der Waals surface area contributed by atoms with Crippen molar-refractivity contribution in [3.05, 3.63) is 29.8 Å². The minimum atomic E-state index is -3.49. The number of benzene rings is 1. The molecule has 1 aromatic rings. The van der Waals surface area contributed by atoms with Crippen LogP contribution in [0.2, 0.25) is 0 Å². The minimum Gasteiger partial charge on any atom is -0.444 e. The molecule has 0 spiro atoms. The Labute approximate surface area is 148 Å². The number of hydrogen-bond acceptors (Lipinski definition) is 5. The third kappa shape index (κ3) is 4.94. The van der Waals surface area contributed by atoms with Crippen LogP contribution in [0.25, 0.3) is 0 Å². The van der Waals surface area contributed by atoms with Gasteiger partial charge in [-0.1, -0.05) is 12.1 Å². The molecule has 7 nitrogen and oxygen atoms in total. The summed E-state index contributed by atoms with van der Waals surface area (Å²) in [6.07, 6.45) is 0.677. The summed E-state index contributed by atoms with van der Waals surface area (Å²) in [7, 11) is -3.49. The van der Waals surface area contributed by atoms with Crippen molar-refractivity contribution in [1.82, 2.24) is 9.80 Å². The second-order valence-electron chi connectivity index (χ2n) is 7.03. The van der Waals surface area contributed by atoms with Crippen LogP contribution in [0.1, 0.15) is 31.1 Å². The molecule has 1 fully saturated rings. The van der Waals surface area contributed by atoms with Gasteiger partial charge in [0.1, 0.15) is 5.60 Å². The Morgan fingerprint density at radius 3 is 2.04 bits per heavy atom. The monoisotopic (exact) mass is 368 g/mol. The van der Waals surface area contributed by atoms with E-state index >= 15 is 0 Å². The largest absolute Gasteiger partial charge is 0.444 e. The fourth-order valence-corrected chi connectivity index (χ4v) is 3.44. The van der Waals surface area contributed by atoms with Gasteiger partial charge in [-0.3, -0.25) is 4.79 Å². The van der Waals surface area contributed by atoms with E-state index in [1.54, 1.807) is 42.7 Å². The Bertz CT molecular complexity index is 759. The lowest BCUT2D eigenvalue weighted by Crippen LogP contribution is -2.51. The second kappa shape index (κ2) is 7.03. The van der Waals surface area contributed by atoms with E-state index in [0.29, 0.717) is 26.2 Å². The SMILES string of the molecule is CC(C)(C)OC(=O)N1CCN(C(=O)c2ccccc2S(C)(=O)=O)CC1. The fraction of sp³-hybridized carbons (Fsp3) is 0.529. The number of piperazine rings is 1. The van der Waals surface area contributed by atoms with Crippen LogP contribution in [0, 0.1) is 0 Å². The van der Waals surface area contributed by atoms with E-state index in [0.717, 1.165) is 6.26 Å². The molecule has 25 heavy (non-hydrogen) atoms. The van der Waals surface area contributed by atoms with E-state index in [-0.39, 0.29) is 16.4 Å². The number of sulfone groups is 1. The first-order valence-electron chi connectivity index (χ1n) is 8.05. The first-order valence-corrected chi connectivity index (χ1v) is 9.94. The average Bonchev–Trinajstić information content (AvgIpc) is 2.52. The molecule has 0 saturated carbocycles. The molecule has 0 radical (unpaired) electrons. The van der Waals surface area contributed by atoms with Gasteiger partial charge in [0, 0.05) is 32.4 Å². The normalized spacial score (nSPS) is 15.8. The maximum atomic E-state index is 12.7. The maximum Gasteiger partial charge on any atom is 0.410 e. The third-order valence-corrected chi connectivity index (χ3v) is 4.89. The fourth-order valence-electron chi connectivity index (χ4n) is 2.56. The van der Waals surface area contributed by atoms with Gasteiger partial charge in [0.25, 0.3) is 5.91 Å². The quantitative estimate of drug-likeness (QED) is 0.794. The zero-order chi connectivity index (χ0) is 18.8. The molecule has 0 aromatic heterocycles. The van der Waals surface area contributed by atoms with E-state index in [1.807, 2.05) is 0 Å². The van der Waals surface area contributed by atoms with Crippen LogP contribution in [-0.2, 0) is 14.6 Å². The van der Waals surface area contributed by atoms with E-state index in [2.05, 4.69) is 0 Å². The van der Waals surface area contributed by atoms with E-state index in [9.17, 15) is 18.0 Å². The Kier molecular flexibility index (Phi) is 5.41. The number of rotatable bonds is 2. The van der Waals surface area contributed by atoms with Crippen molar-refractivity contribution in [2.75, 3.05) is 32.4 Å². The van der Waals surface area contributed by atoms with Crippen molar-refractivity contribution in [2.24, 2.45) is 0 Å². The van der Waals surface area contributed by atoms with Gasteiger partial charge < -0.3 is 14.5 Å². The maximum absolute atomic E-state index is 12.7. The highest BCUT2D eigenvalue weighted by molar-refractivity contribution is 7.90. The van der Waals surface area contributed by atoms with Crippen molar-refractivity contribution in [3.63, 3.8) is 0 Å². The summed E-state index contributed by atoms with van der Waals surface area (Å²) in [5.41, 5.74) is -0.408. The summed E-state index contributed by atoms with van der Waals surface area (Å²) in [5, 5.41) is 0. The van der Waals surface area contributed by atoms with E-state index < -0.39 is 21.5 Å². The van der Waals surface area contributed by atoms with Gasteiger partial charge in [0.15, 0.2) is 9.84 Å². The Morgan fingerprint density at radius 1 is 1.00 bits per heavy atom. The Hall–Kier alpha value is -2.09. The molecule has 1 aliphatic heterocycles. The molecule has 2 rings (SSSR count). The molecule has 1 aromatic carbocycles. The summed E-state index contributed by atoms with van der Waals surface area (Å²) < 4.78 is 29.1. The zero-order valence-electron chi connectivity index (χ0n) is 15.0. The second-order valence-corrected chi connectivity index (χ2v) is 9.01. The van der Waals surface area contributed by atoms with Crippen molar-refractivity contribution in [1.29, 1.82) is 0 Å². The van der Waals surface area contributed by atoms with Crippen LogP contribution in [-0.4, -0.2) is 68.3 Å². The third-order valence-electron chi connectivity index (χ3n) is 3.74. The highest BCUT2D eigenvalue weighted by atomic mass is 32.2. The molecule has 0 atom stereocenters. The smallest absolute Gasteiger partial charge is 0.410 e. The molecule has 2 amide bonds. The van der Waals surface area contributed by atoms with Crippen LogP contribution < -0.4 is 0 Å². The molecule has 0 N–H and O–H groups in total. The predicted molar refractivity (Wildman–Crippen MR) is 93.3 cm³/mol. The van der Waals surface area contributed by atoms with Gasteiger partial charge in [-0.15, -0.1) is 0 Å². The number of carbonyl (C=O) groups excluding carboxylic acids is 2. The lowest BCUT2D eigenvalue weighted by Gasteiger charge is -2.35. The number of nitrogens with zero attached hydrogens (tertiary/aromatic N) is 2. The lowest BCUT2D eigenvalue weighted by molar-refractivity contribution is 0.0140. The molecular weight excluding hydrogens is 344 g/mol. The first-order chi connectivity index (χ1) is 11.5. The summed E-state index contributed by atoms with van der Waals surface area (Å²) in [6, 6.07) is 6.17. The summed E-state index contributed by atoms with van der Waals surface area (Å²) >= 11 is 0. The first kappa shape index (κ1) is 19.2. The number of amides is 2. The number of ether oxygens (including phenoxy) is 1. The van der Waals surface area contributed by atoms with Crippen molar-refractivity contribution in [3.8, 4) is 0 Å². The molecule has 8 heteroatoms. The van der Waals surface area contributed by atoms with E-state index in [4.69, 9.17) is 4.74 Å². The van der Waals surface area contributed by atoms with Crippen LogP contribution >= 0.6 is 0 Å². The molecule has 1 saturated heterocycles. The van der Waals surface area contributed by atoms with Crippen molar-refractivity contribution in [2.45, 2.75) is 31.3 Å². The van der Waals surface area contributed by atoms with Crippen molar-refractivity contribution < 1.29 is 22.7 Å². The predicted octanol–water partition coefficient (Wildman–Crippen LogP) is 1.78. The number of carbonyl (C=O) groups is 2. The highest BCUT2D eigenvalue weighted by Gasteiger charge is 2.29. The standard InChI is InChI=1S/C17H24N2O5S/c1-17(2,3)24-16(21)19-11-9-18(10-12-19)15(20)13-7-5-6-8-14(13)25(4,22)23/h5-8H,9-12H2,1-4H3. The average molecular weight is 368 g/mol. The summed E-state index contributed by atoms with van der Waals surface area (Å²) in [5.74, 6) is -0.343. The highest BCUT2D eigenvalue weighted by Crippen LogP contribution is 2.19. The van der Waals surface area contributed by atoms with Gasteiger partial charge in [-0.05, 0) is 32.9 Å². The molecule has 1 heterocycles. The molecule has 0 aliphatic carbocycles. The molecule has 138 valence electrons. The number of hydrogen-bond donors (Lipinski definition) is 0. The lowest BCUT2D eigenvalue weighted by atomic mass is 10.2. The molecule has 0 bridgehead atoms. The zero-order valence-corrected chi connectivity index (χ0v) is 15.8. The molecule has 1 aliphatic rings. The Morgan fingerprint density at radius 2 is 1.52 bits per heavy atom. The topological polar surface area (TPSA) is 84.0 Å². The summed E-state index contributed by atoms with van der Waals surface area (Å²) in [6.45, 7) is 6.75. The van der Waals surface area contributed by atoms with Crippen LogP contribution in [0.3, 0.4) is 0 Å². The van der Waals surface area contributed by atoms with Gasteiger partial charge in [-0.2, -0.15) is 0 Å². The van der Waals surface area contributed by atoms with Crippen LogP contribution in [0.4, 0.5) is 4.79 Å². The van der Waals surface area contributed by atoms with Gasteiger partial charge >= 0.3 is 6.09 Å². The Balaban J connectivity index is 2.07. The molecule has 0 unspecified atom stereocenters. The van der Waals surface area contributed by atoms with Crippen LogP contribution in [0.5, 0.6) is 0 Å². The minimum absolute atomic E-state index is 0.0228. The van der Waals surface area contributed by atoms with E-state index in [1.165, 1.54) is 12.1 Å². The van der Waals surface area contributed by atoms with Gasteiger partial charge in [-0.25, -0.2) is 13.2 Å². The van der Waals surface area contributed by atoms with Gasteiger partial charge in [0.05, 0.1) is 10.5 Å². The van der Waals surface area contributed by atoms with Gasteiger partial charge in [0.2, 0.25) is 0 Å². The summed E-state index contributed by atoms with van der Waals surface area (Å²) in [4.78, 5) is 27.9. The van der Waals surface area contributed by atoms with Crippen molar-refractivity contribution >= 4 is 21.8 Å².